The van der Waals surface area contributed by atoms with Crippen LogP contribution in [0.4, 0.5) is 0 Å². The highest BCUT2D eigenvalue weighted by Crippen LogP contribution is 2.46. The predicted molar refractivity (Wildman–Crippen MR) is 252 cm³/mol. The molecule has 0 saturated heterocycles. The molecule has 56 heavy (non-hydrogen) atoms. The molecule has 0 aliphatic carbocycles. The molecule has 0 aliphatic heterocycles. The van der Waals surface area contributed by atoms with Gasteiger partial charge >= 0.3 is 0 Å². The second-order valence-electron chi connectivity index (χ2n) is 18.2. The number of nitrogens with zero attached hydrogens (tertiary/aromatic N) is 2. The van der Waals surface area contributed by atoms with E-state index in [0.29, 0.717) is 33.2 Å². The average molecular weight is 765 g/mol. The van der Waals surface area contributed by atoms with Gasteiger partial charge < -0.3 is 0 Å². The van der Waals surface area contributed by atoms with E-state index >= 15 is 0 Å². The molecule has 282 valence electrons. The monoisotopic (exact) mass is 764 g/mol. The molecule has 4 heteroatoms. The molecule has 1 heterocycles. The second kappa shape index (κ2) is 14.0. The molecule has 1 aromatic heterocycles. The van der Waals surface area contributed by atoms with E-state index in [-0.39, 0.29) is 0 Å². The van der Waals surface area contributed by atoms with Gasteiger partial charge in [-0.1, -0.05) is 168 Å². The normalized spacial score (nSPS) is 13.0. The highest BCUT2D eigenvalue weighted by atomic mass is 28.3. The Bertz CT molecular complexity index is 2660. The van der Waals surface area contributed by atoms with Gasteiger partial charge in [-0.2, -0.15) is 0 Å². The van der Waals surface area contributed by atoms with Crippen LogP contribution in [0.15, 0.2) is 84.9 Å². The Balaban J connectivity index is 1.65. The molecule has 9 aromatic rings. The Hall–Kier alpha value is -4.75. The molecule has 0 unspecified atom stereocenters. The molecule has 0 N–H and O–H groups in total. The van der Waals surface area contributed by atoms with E-state index in [2.05, 4.69) is 191 Å². The molecular formula is C52H56N2Si2. The molecule has 0 saturated carbocycles. The summed E-state index contributed by atoms with van der Waals surface area (Å²) < 4.78 is 0. The molecule has 0 fully saturated rings. The van der Waals surface area contributed by atoms with Crippen molar-refractivity contribution in [2.75, 3.05) is 0 Å². The minimum absolute atomic E-state index is 0.509. The lowest BCUT2D eigenvalue weighted by atomic mass is 9.89. The lowest BCUT2D eigenvalue weighted by molar-refractivity contribution is 0.838. The van der Waals surface area contributed by atoms with Crippen LogP contribution in [0.5, 0.6) is 0 Å². The van der Waals surface area contributed by atoms with E-state index in [1.54, 1.807) is 0 Å². The number of hydrogen-bond acceptors (Lipinski definition) is 2. The summed E-state index contributed by atoms with van der Waals surface area (Å²) in [4.78, 5) is 11.6. The van der Waals surface area contributed by atoms with E-state index in [0.717, 1.165) is 44.0 Å². The van der Waals surface area contributed by atoms with E-state index in [1.807, 2.05) is 0 Å². The molecule has 2 bridgehead atoms. The zero-order valence-electron chi connectivity index (χ0n) is 35.4. The van der Waals surface area contributed by atoms with Crippen molar-refractivity contribution >= 4 is 92.1 Å². The first-order valence-electron chi connectivity index (χ1n) is 20.9. The standard InChI is InChI=1S/C52H56N2Si2/c1-31(2)55(32(3)4,33(5)6)27-25-43-45-29-37-19-13-14-20-38(37)30-46(45)44(26-28-56(34(7)8,35(9)10)36(11)12)50-49(43)53-51-47-39-21-15-17-23-41(39)48(52(51)54-50)42-24-18-16-22-40(42)47/h13-24,29-36H,1-12H3. The van der Waals surface area contributed by atoms with E-state index < -0.39 is 16.1 Å². The third-order valence-corrected chi connectivity index (χ3v) is 26.3. The van der Waals surface area contributed by atoms with Crippen LogP contribution in [-0.2, 0) is 0 Å². The van der Waals surface area contributed by atoms with Crippen LogP contribution < -0.4 is 0 Å². The summed E-state index contributed by atoms with van der Waals surface area (Å²) in [6, 6.07) is 31.0. The lowest BCUT2D eigenvalue weighted by Crippen LogP contribution is -2.43. The largest absolute Gasteiger partial charge is 0.242 e. The summed E-state index contributed by atoms with van der Waals surface area (Å²) in [5.74, 6) is 7.95. The van der Waals surface area contributed by atoms with Gasteiger partial charge in [0.05, 0.1) is 22.2 Å². The van der Waals surface area contributed by atoms with Gasteiger partial charge in [-0.15, -0.1) is 11.1 Å². The van der Waals surface area contributed by atoms with Crippen molar-refractivity contribution in [1.29, 1.82) is 0 Å². The van der Waals surface area contributed by atoms with Crippen molar-refractivity contribution in [2.24, 2.45) is 0 Å². The highest BCUT2D eigenvalue weighted by molar-refractivity contribution is 6.91. The maximum absolute atomic E-state index is 5.81. The van der Waals surface area contributed by atoms with Gasteiger partial charge in [0, 0.05) is 21.5 Å². The first-order chi connectivity index (χ1) is 26.7. The van der Waals surface area contributed by atoms with Crippen molar-refractivity contribution < 1.29 is 0 Å². The van der Waals surface area contributed by atoms with Gasteiger partial charge in [-0.3, -0.25) is 0 Å². The maximum Gasteiger partial charge on any atom is 0.146 e. The van der Waals surface area contributed by atoms with Crippen LogP contribution in [0.1, 0.15) is 94.2 Å². The molecule has 0 aliphatic rings. The lowest BCUT2D eigenvalue weighted by Gasteiger charge is -2.38. The Morgan fingerprint density at radius 1 is 0.375 bits per heavy atom. The minimum Gasteiger partial charge on any atom is -0.242 e. The highest BCUT2D eigenvalue weighted by Gasteiger charge is 2.43. The Labute approximate surface area is 335 Å². The van der Waals surface area contributed by atoms with Crippen LogP contribution >= 0.6 is 0 Å². The van der Waals surface area contributed by atoms with Crippen molar-refractivity contribution in [3.63, 3.8) is 0 Å². The van der Waals surface area contributed by atoms with Crippen molar-refractivity contribution in [3.8, 4) is 22.9 Å². The van der Waals surface area contributed by atoms with E-state index in [9.17, 15) is 0 Å². The topological polar surface area (TPSA) is 25.8 Å². The van der Waals surface area contributed by atoms with E-state index in [4.69, 9.17) is 9.97 Å². The molecular weight excluding hydrogens is 709 g/mol. The number of aromatic nitrogens is 2. The minimum atomic E-state index is -2.11. The summed E-state index contributed by atoms with van der Waals surface area (Å²) in [5.41, 5.74) is 17.0. The molecule has 2 nitrogen and oxygen atoms in total. The Morgan fingerprint density at radius 3 is 0.946 bits per heavy atom. The van der Waals surface area contributed by atoms with E-state index in [1.165, 1.54) is 43.1 Å². The number of fused-ring (bicyclic) bond motifs is 3. The van der Waals surface area contributed by atoms with Gasteiger partial charge in [-0.05, 0) is 77.7 Å². The molecule has 9 rings (SSSR count). The van der Waals surface area contributed by atoms with Crippen LogP contribution in [0, 0.1) is 22.9 Å². The van der Waals surface area contributed by atoms with Crippen LogP contribution in [0.3, 0.4) is 0 Å². The van der Waals surface area contributed by atoms with Crippen LogP contribution in [0.25, 0.3) is 75.9 Å². The summed E-state index contributed by atoms with van der Waals surface area (Å²) in [5, 5.41) is 11.9. The zero-order valence-corrected chi connectivity index (χ0v) is 37.4. The summed E-state index contributed by atoms with van der Waals surface area (Å²) in [6.45, 7) is 28.8. The first kappa shape index (κ1) is 38.1. The molecule has 0 spiro atoms. The quantitative estimate of drug-likeness (QED) is 0.0957. The smallest absolute Gasteiger partial charge is 0.146 e. The van der Waals surface area contributed by atoms with Crippen LogP contribution in [0.2, 0.25) is 33.2 Å². The molecule has 8 aromatic carbocycles. The number of benzene rings is 8. The maximum atomic E-state index is 5.81. The third kappa shape index (κ3) is 5.51. The zero-order chi connectivity index (χ0) is 39.8. The van der Waals surface area contributed by atoms with Gasteiger partial charge in [0.1, 0.15) is 27.2 Å². The van der Waals surface area contributed by atoms with Gasteiger partial charge in [0.2, 0.25) is 0 Å². The fourth-order valence-electron chi connectivity index (χ4n) is 11.1. The first-order valence-corrected chi connectivity index (χ1v) is 25.4. The number of rotatable bonds is 6. The number of hydrogen-bond donors (Lipinski definition) is 0. The van der Waals surface area contributed by atoms with Crippen molar-refractivity contribution in [1.82, 2.24) is 9.97 Å². The second-order valence-corrected chi connectivity index (χ2v) is 29.4. The van der Waals surface area contributed by atoms with Crippen molar-refractivity contribution in [3.05, 3.63) is 96.1 Å². The molecule has 0 amide bonds. The Kier molecular flexibility index (Phi) is 9.55. The third-order valence-electron chi connectivity index (χ3n) is 13.7. The SMILES string of the molecule is CC(C)[Si](C#Cc1c2cc3ccccc3cc2c(C#C[Si](C(C)C)(C(C)C)C(C)C)c2nc3c(nc12)c1c2ccccc2c3c2ccccc21)(C(C)C)C(C)C. The summed E-state index contributed by atoms with van der Waals surface area (Å²) in [7, 11) is -4.22. The Morgan fingerprint density at radius 2 is 0.661 bits per heavy atom. The fourth-order valence-corrected chi connectivity index (χ4v) is 21.6. The molecule has 0 radical (unpaired) electrons. The molecule has 0 atom stereocenters. The van der Waals surface area contributed by atoms with Gasteiger partial charge in [0.25, 0.3) is 0 Å². The van der Waals surface area contributed by atoms with Crippen LogP contribution in [-0.4, -0.2) is 26.1 Å². The van der Waals surface area contributed by atoms with Gasteiger partial charge in [-0.25, -0.2) is 9.97 Å². The van der Waals surface area contributed by atoms with Gasteiger partial charge in [0.15, 0.2) is 0 Å². The van der Waals surface area contributed by atoms with Crippen molar-refractivity contribution in [2.45, 2.75) is 116 Å². The average Bonchev–Trinajstić information content (AvgIpc) is 3.16. The summed E-state index contributed by atoms with van der Waals surface area (Å²) >= 11 is 0. The fraction of sp³-hybridized carbons (Fsp3) is 0.346. The predicted octanol–water partition coefficient (Wildman–Crippen LogP) is 15.1. The summed E-state index contributed by atoms with van der Waals surface area (Å²) in [6.07, 6.45) is 0.